The Bertz CT molecular complexity index is 107. The van der Waals surface area contributed by atoms with Crippen molar-refractivity contribution in [2.75, 3.05) is 26.3 Å². The zero-order valence-electron chi connectivity index (χ0n) is 9.60. The fraction of sp³-hybridized carbons (Fsp3) is 0.900. The summed E-state index contributed by atoms with van der Waals surface area (Å²) in [6, 6.07) is 0. The maximum absolute atomic E-state index is 5.17. The number of piperidine rings is 1. The molecule has 13 heavy (non-hydrogen) atoms. The first kappa shape index (κ1) is 17.0. The van der Waals surface area contributed by atoms with Crippen LogP contribution >= 0.6 is 0 Å². The molecule has 0 amide bonds. The summed E-state index contributed by atoms with van der Waals surface area (Å²) in [6.45, 7) is 8.15. The molecule has 0 unspecified atom stereocenters. The van der Waals surface area contributed by atoms with Crippen LogP contribution in [0.5, 0.6) is 0 Å². The molecule has 0 aliphatic carbocycles. The molecule has 2 saturated heterocycles. The predicted molar refractivity (Wildman–Crippen MR) is 53.3 cm³/mol. The molecule has 2 aliphatic heterocycles. The summed E-state index contributed by atoms with van der Waals surface area (Å²) in [7, 11) is 0. The van der Waals surface area contributed by atoms with E-state index >= 15 is 0 Å². The molecule has 0 aromatic rings. The molecule has 0 aromatic carbocycles. The summed E-state index contributed by atoms with van der Waals surface area (Å²) < 4.78 is 5.17. The van der Waals surface area contributed by atoms with Crippen molar-refractivity contribution >= 4 is 0 Å². The van der Waals surface area contributed by atoms with Gasteiger partial charge in [-0.3, -0.25) is 0 Å². The SMILES string of the molecule is C1CC2(CC[N-]1)COC2.CC.[CH3-].[K+]. The second-order valence-electron chi connectivity index (χ2n) is 3.16. The van der Waals surface area contributed by atoms with E-state index in [2.05, 4.69) is 5.32 Å². The van der Waals surface area contributed by atoms with Crippen molar-refractivity contribution in [1.29, 1.82) is 0 Å². The number of rotatable bonds is 0. The maximum atomic E-state index is 5.17. The van der Waals surface area contributed by atoms with Gasteiger partial charge in [-0.15, -0.1) is 13.1 Å². The molecule has 2 aliphatic rings. The van der Waals surface area contributed by atoms with Gasteiger partial charge in [-0.2, -0.15) is 0 Å². The normalized spacial score (nSPS) is 22.6. The molecule has 0 saturated carbocycles. The molecule has 0 atom stereocenters. The van der Waals surface area contributed by atoms with Crippen LogP contribution in [0.15, 0.2) is 0 Å². The maximum Gasteiger partial charge on any atom is 1.00 e. The fourth-order valence-corrected chi connectivity index (χ4v) is 1.55. The summed E-state index contributed by atoms with van der Waals surface area (Å²) in [5.41, 5.74) is 0.585. The standard InChI is InChI=1S/C7H12NO.C2H6.CH3.K/c1-3-8-4-2-7(1)5-9-6-7;1-2;;/h1-6H2;1-2H3;1H3;/q-1;;-1;+1. The quantitative estimate of drug-likeness (QED) is 0.396. The van der Waals surface area contributed by atoms with E-state index in [1.807, 2.05) is 13.8 Å². The van der Waals surface area contributed by atoms with Gasteiger partial charge in [0.2, 0.25) is 0 Å². The molecular weight excluding hydrogens is 189 g/mol. The van der Waals surface area contributed by atoms with Crippen molar-refractivity contribution in [3.63, 3.8) is 0 Å². The van der Waals surface area contributed by atoms with Crippen LogP contribution in [-0.2, 0) is 4.74 Å². The van der Waals surface area contributed by atoms with E-state index in [0.29, 0.717) is 5.41 Å². The van der Waals surface area contributed by atoms with Crippen LogP contribution in [0.4, 0.5) is 0 Å². The fourth-order valence-electron chi connectivity index (χ4n) is 1.55. The number of ether oxygens (including phenoxy) is 1. The Morgan fingerprint density at radius 3 is 1.77 bits per heavy atom. The molecule has 2 heterocycles. The molecule has 74 valence electrons. The van der Waals surface area contributed by atoms with Crippen LogP contribution in [0, 0.1) is 12.8 Å². The average Bonchev–Trinajstić information content (AvgIpc) is 2.07. The van der Waals surface area contributed by atoms with Gasteiger partial charge in [-0.1, -0.05) is 26.7 Å². The predicted octanol–water partition coefficient (Wildman–Crippen LogP) is -0.349. The summed E-state index contributed by atoms with van der Waals surface area (Å²) >= 11 is 0. The summed E-state index contributed by atoms with van der Waals surface area (Å²) in [5, 5.41) is 4.30. The van der Waals surface area contributed by atoms with E-state index in [1.165, 1.54) is 12.8 Å². The van der Waals surface area contributed by atoms with E-state index in [-0.39, 0.29) is 58.8 Å². The monoisotopic (exact) mass is 210 g/mol. The van der Waals surface area contributed by atoms with Gasteiger partial charge in [0.05, 0.1) is 13.2 Å². The van der Waals surface area contributed by atoms with Crippen molar-refractivity contribution in [2.45, 2.75) is 26.7 Å². The van der Waals surface area contributed by atoms with Crippen molar-refractivity contribution in [1.82, 2.24) is 0 Å². The van der Waals surface area contributed by atoms with Crippen LogP contribution in [0.1, 0.15) is 26.7 Å². The molecule has 0 N–H and O–H groups in total. The Kier molecular flexibility index (Phi) is 11.5. The van der Waals surface area contributed by atoms with Gasteiger partial charge in [-0.25, -0.2) is 0 Å². The Hall–Kier alpha value is 1.56. The van der Waals surface area contributed by atoms with Crippen LogP contribution in [-0.4, -0.2) is 26.3 Å². The van der Waals surface area contributed by atoms with Gasteiger partial charge in [0.1, 0.15) is 0 Å². The molecule has 2 fully saturated rings. The van der Waals surface area contributed by atoms with Crippen LogP contribution in [0.25, 0.3) is 5.32 Å². The van der Waals surface area contributed by atoms with E-state index in [9.17, 15) is 0 Å². The zero-order valence-corrected chi connectivity index (χ0v) is 12.7. The van der Waals surface area contributed by atoms with Gasteiger partial charge in [0.25, 0.3) is 0 Å². The molecule has 2 nitrogen and oxygen atoms in total. The van der Waals surface area contributed by atoms with Gasteiger partial charge in [0.15, 0.2) is 0 Å². The van der Waals surface area contributed by atoms with Gasteiger partial charge in [-0.05, 0) is 0 Å². The molecule has 0 bridgehead atoms. The Balaban J connectivity index is 0. The zero-order chi connectivity index (χ0) is 8.16. The topological polar surface area (TPSA) is 23.3 Å². The second-order valence-corrected chi connectivity index (χ2v) is 3.16. The van der Waals surface area contributed by atoms with Crippen molar-refractivity contribution in [3.8, 4) is 0 Å². The van der Waals surface area contributed by atoms with Crippen molar-refractivity contribution in [2.24, 2.45) is 5.41 Å². The first-order valence-electron chi connectivity index (χ1n) is 4.62. The minimum atomic E-state index is 0. The largest absolute Gasteiger partial charge is 1.00 e. The Labute approximate surface area is 126 Å². The van der Waals surface area contributed by atoms with Crippen molar-refractivity contribution in [3.05, 3.63) is 12.7 Å². The first-order valence-corrected chi connectivity index (χ1v) is 4.62. The third-order valence-corrected chi connectivity index (χ3v) is 2.42. The third-order valence-electron chi connectivity index (χ3n) is 2.42. The molecule has 0 radical (unpaired) electrons. The summed E-state index contributed by atoms with van der Waals surface area (Å²) in [5.74, 6) is 0. The minimum absolute atomic E-state index is 0. The van der Waals surface area contributed by atoms with Gasteiger partial charge in [0, 0.05) is 5.41 Å². The van der Waals surface area contributed by atoms with Crippen LogP contribution in [0.2, 0.25) is 0 Å². The summed E-state index contributed by atoms with van der Waals surface area (Å²) in [6.07, 6.45) is 2.54. The summed E-state index contributed by atoms with van der Waals surface area (Å²) in [4.78, 5) is 0. The molecule has 1 spiro atoms. The number of hydrogen-bond acceptors (Lipinski definition) is 1. The molecule has 0 aromatic heterocycles. The van der Waals surface area contributed by atoms with E-state index in [0.717, 1.165) is 26.3 Å². The molecule has 3 heteroatoms. The van der Waals surface area contributed by atoms with Crippen LogP contribution in [0.3, 0.4) is 0 Å². The number of hydrogen-bond donors (Lipinski definition) is 0. The number of nitrogens with zero attached hydrogens (tertiary/aromatic N) is 1. The second kappa shape index (κ2) is 8.83. The molecular formula is C10H21KNO-. The van der Waals surface area contributed by atoms with E-state index < -0.39 is 0 Å². The third kappa shape index (κ3) is 4.73. The van der Waals surface area contributed by atoms with E-state index in [4.69, 9.17) is 4.74 Å². The first-order chi connectivity index (χ1) is 5.41. The van der Waals surface area contributed by atoms with Gasteiger partial charge >= 0.3 is 51.4 Å². The minimum Gasteiger partial charge on any atom is -0.662 e. The Morgan fingerprint density at radius 2 is 1.54 bits per heavy atom. The van der Waals surface area contributed by atoms with Gasteiger partial charge < -0.3 is 17.5 Å². The average molecular weight is 210 g/mol. The Morgan fingerprint density at radius 1 is 1.08 bits per heavy atom. The molecule has 2 rings (SSSR count). The van der Waals surface area contributed by atoms with E-state index in [1.54, 1.807) is 0 Å². The smallest absolute Gasteiger partial charge is 0.662 e. The van der Waals surface area contributed by atoms with Crippen LogP contribution < -0.4 is 51.4 Å². The van der Waals surface area contributed by atoms with Crippen molar-refractivity contribution < 1.29 is 56.1 Å².